The van der Waals surface area contributed by atoms with Gasteiger partial charge in [-0.15, -0.1) is 0 Å². The molecule has 19 heteroatoms. The molecule has 0 radical (unpaired) electrons. The van der Waals surface area contributed by atoms with Crippen molar-refractivity contribution in [3.05, 3.63) is 0 Å². The topological polar surface area (TPSA) is 237 Å². The van der Waals surface area contributed by atoms with Crippen LogP contribution in [0.4, 0.5) is 0 Å². The molecular formula is C79H154O17P2. The lowest BCUT2D eigenvalue weighted by atomic mass is 9.99. The van der Waals surface area contributed by atoms with Gasteiger partial charge in [0.25, 0.3) is 0 Å². The summed E-state index contributed by atoms with van der Waals surface area (Å²) in [6, 6.07) is 0. The van der Waals surface area contributed by atoms with Crippen molar-refractivity contribution in [1.82, 2.24) is 0 Å². The predicted octanol–water partition coefficient (Wildman–Crippen LogP) is 23.4. The van der Waals surface area contributed by atoms with Crippen LogP contribution in [0.3, 0.4) is 0 Å². The van der Waals surface area contributed by atoms with Crippen molar-refractivity contribution in [2.75, 3.05) is 39.6 Å². The average Bonchev–Trinajstić information content (AvgIpc) is 0.935. The molecule has 0 amide bonds. The molecule has 0 aliphatic rings. The van der Waals surface area contributed by atoms with E-state index in [1.165, 1.54) is 212 Å². The summed E-state index contributed by atoms with van der Waals surface area (Å²) in [5.74, 6) is 0.129. The Balaban J connectivity index is 5.19. The van der Waals surface area contributed by atoms with Crippen molar-refractivity contribution in [3.63, 3.8) is 0 Å². The number of aliphatic hydroxyl groups excluding tert-OH is 1. The minimum atomic E-state index is -4.96. The fourth-order valence-corrected chi connectivity index (χ4v) is 13.6. The van der Waals surface area contributed by atoms with Crippen molar-refractivity contribution in [2.45, 2.75) is 426 Å². The maximum absolute atomic E-state index is 13.1. The van der Waals surface area contributed by atoms with Gasteiger partial charge in [0.1, 0.15) is 19.3 Å². The smallest absolute Gasteiger partial charge is 0.462 e. The Bertz CT molecular complexity index is 1910. The first-order valence-electron chi connectivity index (χ1n) is 40.9. The lowest BCUT2D eigenvalue weighted by Gasteiger charge is -2.21. The molecule has 0 bridgehead atoms. The molecule has 0 aromatic heterocycles. The highest BCUT2D eigenvalue weighted by molar-refractivity contribution is 7.47. The molecule has 0 saturated heterocycles. The van der Waals surface area contributed by atoms with Gasteiger partial charge >= 0.3 is 39.5 Å². The third kappa shape index (κ3) is 69.8. The number of unbranched alkanes of at least 4 members (excludes halogenated alkanes) is 43. The number of phosphoric acid groups is 2. The number of carbonyl (C=O) groups excluding carboxylic acids is 4. The minimum absolute atomic E-state index is 0.102. The number of rotatable bonds is 77. The van der Waals surface area contributed by atoms with E-state index in [1.807, 2.05) is 0 Å². The van der Waals surface area contributed by atoms with Gasteiger partial charge in [-0.25, -0.2) is 9.13 Å². The van der Waals surface area contributed by atoms with Gasteiger partial charge < -0.3 is 33.8 Å². The summed E-state index contributed by atoms with van der Waals surface area (Å²) in [4.78, 5) is 72.8. The van der Waals surface area contributed by atoms with Crippen LogP contribution in [0.5, 0.6) is 0 Å². The lowest BCUT2D eigenvalue weighted by Crippen LogP contribution is -2.30. The second kappa shape index (κ2) is 69.4. The number of hydrogen-bond acceptors (Lipinski definition) is 15. The molecule has 0 aromatic rings. The number of ether oxygens (including phenoxy) is 4. The summed E-state index contributed by atoms with van der Waals surface area (Å²) in [5.41, 5.74) is 0. The van der Waals surface area contributed by atoms with Crippen molar-refractivity contribution >= 4 is 39.5 Å². The van der Waals surface area contributed by atoms with Gasteiger partial charge in [-0.3, -0.25) is 37.3 Å². The first-order valence-corrected chi connectivity index (χ1v) is 43.9. The number of esters is 4. The van der Waals surface area contributed by atoms with Crippen molar-refractivity contribution in [2.24, 2.45) is 17.8 Å². The summed E-state index contributed by atoms with van der Waals surface area (Å²) in [6.07, 6.45) is 57.3. The van der Waals surface area contributed by atoms with E-state index in [2.05, 4.69) is 48.5 Å². The Morgan fingerprint density at radius 1 is 0.296 bits per heavy atom. The van der Waals surface area contributed by atoms with Crippen LogP contribution in [-0.2, 0) is 65.4 Å². The monoisotopic (exact) mass is 1440 g/mol. The maximum Gasteiger partial charge on any atom is 0.472 e. The Morgan fingerprint density at radius 3 is 0.776 bits per heavy atom. The predicted molar refractivity (Wildman–Crippen MR) is 400 cm³/mol. The van der Waals surface area contributed by atoms with Gasteiger partial charge in [-0.05, 0) is 43.4 Å². The van der Waals surface area contributed by atoms with E-state index in [0.29, 0.717) is 31.6 Å². The van der Waals surface area contributed by atoms with E-state index in [9.17, 15) is 43.2 Å². The first kappa shape index (κ1) is 96.1. The van der Waals surface area contributed by atoms with Gasteiger partial charge in [0, 0.05) is 25.7 Å². The maximum atomic E-state index is 13.1. The van der Waals surface area contributed by atoms with Crippen LogP contribution in [0.25, 0.3) is 0 Å². The highest BCUT2D eigenvalue weighted by atomic mass is 31.2. The fourth-order valence-electron chi connectivity index (χ4n) is 12.1. The average molecular weight is 1440 g/mol. The largest absolute Gasteiger partial charge is 0.472 e. The number of aliphatic hydroxyl groups is 1. The van der Waals surface area contributed by atoms with E-state index in [1.54, 1.807) is 0 Å². The van der Waals surface area contributed by atoms with E-state index in [4.69, 9.17) is 37.0 Å². The van der Waals surface area contributed by atoms with Crippen LogP contribution in [-0.4, -0.2) is 96.7 Å². The van der Waals surface area contributed by atoms with Gasteiger partial charge in [0.15, 0.2) is 12.2 Å². The van der Waals surface area contributed by atoms with Crippen molar-refractivity contribution in [1.29, 1.82) is 0 Å². The molecule has 0 spiro atoms. The minimum Gasteiger partial charge on any atom is -0.462 e. The molecule has 0 aliphatic carbocycles. The molecule has 0 rings (SSSR count). The van der Waals surface area contributed by atoms with Gasteiger partial charge in [0.05, 0.1) is 26.4 Å². The third-order valence-corrected chi connectivity index (χ3v) is 21.0. The van der Waals surface area contributed by atoms with Gasteiger partial charge in [-0.1, -0.05) is 357 Å². The highest BCUT2D eigenvalue weighted by Gasteiger charge is 2.30. The quantitative estimate of drug-likeness (QED) is 0.0222. The Hall–Kier alpha value is -1.94. The second-order valence-corrected chi connectivity index (χ2v) is 32.3. The van der Waals surface area contributed by atoms with E-state index < -0.39 is 97.5 Å². The molecule has 4 unspecified atom stereocenters. The summed E-state index contributed by atoms with van der Waals surface area (Å²) >= 11 is 0. The van der Waals surface area contributed by atoms with Crippen LogP contribution in [0.15, 0.2) is 0 Å². The zero-order valence-electron chi connectivity index (χ0n) is 64.3. The zero-order chi connectivity index (χ0) is 72.3. The van der Waals surface area contributed by atoms with Crippen LogP contribution in [0, 0.1) is 17.8 Å². The summed E-state index contributed by atoms with van der Waals surface area (Å²) < 4.78 is 68.5. The molecule has 0 fully saturated rings. The molecule has 17 nitrogen and oxygen atoms in total. The first-order chi connectivity index (χ1) is 47.3. The van der Waals surface area contributed by atoms with Crippen LogP contribution in [0.1, 0.15) is 408 Å². The van der Waals surface area contributed by atoms with Crippen molar-refractivity contribution < 1.29 is 80.2 Å². The van der Waals surface area contributed by atoms with E-state index in [-0.39, 0.29) is 25.7 Å². The summed E-state index contributed by atoms with van der Waals surface area (Å²) in [7, 11) is -9.91. The molecule has 0 aromatic carbocycles. The molecule has 582 valence electrons. The Kier molecular flexibility index (Phi) is 68.1. The van der Waals surface area contributed by atoms with Gasteiger partial charge in [-0.2, -0.15) is 0 Å². The third-order valence-electron chi connectivity index (χ3n) is 19.1. The molecule has 0 heterocycles. The summed E-state index contributed by atoms with van der Waals surface area (Å²) in [5, 5.41) is 10.6. The normalized spacial score (nSPS) is 14.6. The molecular weight excluding hydrogens is 1280 g/mol. The van der Waals surface area contributed by atoms with E-state index in [0.717, 1.165) is 108 Å². The molecule has 0 saturated carbocycles. The molecule has 98 heavy (non-hydrogen) atoms. The molecule has 3 N–H and O–H groups in total. The van der Waals surface area contributed by atoms with Crippen LogP contribution < -0.4 is 0 Å². The molecule has 0 aliphatic heterocycles. The highest BCUT2D eigenvalue weighted by Crippen LogP contribution is 2.45. The second-order valence-electron chi connectivity index (χ2n) is 29.4. The summed E-state index contributed by atoms with van der Waals surface area (Å²) in [6.45, 7) is 11.8. The van der Waals surface area contributed by atoms with E-state index >= 15 is 0 Å². The Labute approximate surface area is 600 Å². The number of phosphoric ester groups is 2. The SMILES string of the molecule is CCCCCCCCCCCCCCCCCCCCCCCC(=O)O[C@H](COC(=O)CCCCCCCCCCCCCCCCC(C)CC)COP(=O)(O)OC[C@@H](O)COP(=O)(O)OC[C@@H](COC(=O)CCCCCCCCC(C)C)OC(=O)CCCCCCCCC(C)CC. The zero-order valence-corrected chi connectivity index (χ0v) is 66.0. The fraction of sp³-hybridized carbons (Fsp3) is 0.949. The van der Waals surface area contributed by atoms with Gasteiger partial charge in [0.2, 0.25) is 0 Å². The van der Waals surface area contributed by atoms with Crippen LogP contribution >= 0.6 is 15.6 Å². The molecule has 7 atom stereocenters. The Morgan fingerprint density at radius 2 is 0.520 bits per heavy atom. The standard InChI is InChI=1S/C79H154O17P2/c1-8-11-12-13-14-15-16-17-18-19-20-21-22-23-24-29-32-35-38-48-55-62-78(83)95-74(66-89-76(81)60-53-46-37-34-31-28-26-25-27-30-33-36-44-51-58-71(6)9-2)68-93-97(85,86)91-64-73(80)65-92-98(87,88)94-69-75(67-90-77(82)61-54-47-41-39-43-50-57-70(4)5)96-79(84)63-56-49-42-40-45-52-59-72(7)10-3/h70-75,80H,8-69H2,1-7H3,(H,85,86)(H,87,88)/t71?,72?,73-,74-,75-/m1/s1. The number of hydrogen-bond donors (Lipinski definition) is 3. The van der Waals surface area contributed by atoms with Crippen molar-refractivity contribution in [3.8, 4) is 0 Å². The lowest BCUT2D eigenvalue weighted by molar-refractivity contribution is -0.161. The number of carbonyl (C=O) groups is 4. The van der Waals surface area contributed by atoms with Crippen LogP contribution in [0.2, 0.25) is 0 Å².